The summed E-state index contributed by atoms with van der Waals surface area (Å²) in [6.45, 7) is 36.7. The van der Waals surface area contributed by atoms with Crippen molar-refractivity contribution >= 4 is 32.7 Å². The summed E-state index contributed by atoms with van der Waals surface area (Å²) < 4.78 is 24.3. The number of hydrogen-bond donors (Lipinski definition) is 0. The van der Waals surface area contributed by atoms with Gasteiger partial charge in [0.25, 0.3) is 0 Å². The molecular weight excluding hydrogens is 1030 g/mol. The Kier molecular flexibility index (Phi) is 16.1. The number of ether oxygens (including phenoxy) is 3. The highest BCUT2D eigenvalue weighted by molar-refractivity contribution is 5.84. The van der Waals surface area contributed by atoms with Crippen LogP contribution < -0.4 is 0 Å². The van der Waals surface area contributed by atoms with Crippen LogP contribution in [0.15, 0.2) is 204 Å². The lowest BCUT2D eigenvalue weighted by molar-refractivity contribution is -0.986. The summed E-state index contributed by atoms with van der Waals surface area (Å²) in [5.41, 5.74) is 11.0. The maximum atomic E-state index is 7.16. The first kappa shape index (κ1) is 56.4. The summed E-state index contributed by atoms with van der Waals surface area (Å²) in [7, 11) is 0. The minimum atomic E-state index is -0.144. The van der Waals surface area contributed by atoms with Gasteiger partial charge < -0.3 is 27.7 Å². The topological polar surface area (TPSA) is 66.4 Å². The van der Waals surface area contributed by atoms with Crippen molar-refractivity contribution in [1.82, 2.24) is 15.0 Å². The molecule has 4 aromatic carbocycles. The van der Waals surface area contributed by atoms with Gasteiger partial charge in [0.15, 0.2) is 0 Å². The molecule has 16 rings (SSSR count). The molecule has 0 N–H and O–H groups in total. The van der Waals surface area contributed by atoms with Crippen LogP contribution in [-0.2, 0) is 33.8 Å². The summed E-state index contributed by atoms with van der Waals surface area (Å²) in [5, 5.41) is 3.51. The molecule has 12 heterocycles. The van der Waals surface area contributed by atoms with E-state index < -0.39 is 0 Å². The molecule has 0 radical (unpaired) electrons. The van der Waals surface area contributed by atoms with Crippen molar-refractivity contribution in [3.63, 3.8) is 0 Å². The summed E-state index contributed by atoms with van der Waals surface area (Å²) in [5.74, 6) is 2.94. The van der Waals surface area contributed by atoms with Gasteiger partial charge in [-0.15, -0.1) is 39.5 Å². The van der Waals surface area contributed by atoms with Crippen molar-refractivity contribution in [2.45, 2.75) is 94.6 Å². The lowest BCUT2D eigenvalue weighted by Gasteiger charge is -2.59. The Balaban J connectivity index is 0.963. The lowest BCUT2D eigenvalue weighted by atomic mass is 9.70. The molecule has 0 amide bonds. The third-order valence-corrected chi connectivity index (χ3v) is 21.8. The third kappa shape index (κ3) is 10.4. The number of quaternary nitrogens is 3. The molecule has 3 aromatic heterocycles. The number of fused-ring (bicyclic) bond motifs is 12. The molecule has 0 spiro atoms. The molecule has 9 heteroatoms. The average Bonchev–Trinajstić information content (AvgIpc) is 2.16. The fourth-order valence-corrected chi connectivity index (χ4v) is 18.1. The quantitative estimate of drug-likeness (QED) is 0.0444. The van der Waals surface area contributed by atoms with Gasteiger partial charge in [0.2, 0.25) is 0 Å². The Morgan fingerprint density at radius 1 is 0.417 bits per heavy atom. The Morgan fingerprint density at radius 3 is 1.00 bits per heavy atom. The smallest absolute Gasteiger partial charge is 0.135 e. The number of pyridine rings is 3. The first-order chi connectivity index (χ1) is 41.2. The van der Waals surface area contributed by atoms with Gasteiger partial charge >= 0.3 is 0 Å². The first-order valence-electron chi connectivity index (χ1n) is 31.5. The van der Waals surface area contributed by atoms with E-state index in [1.54, 1.807) is 0 Å². The highest BCUT2D eigenvalue weighted by Gasteiger charge is 2.58. The Morgan fingerprint density at radius 2 is 0.714 bits per heavy atom. The zero-order valence-corrected chi connectivity index (χ0v) is 49.4. The molecule has 7 aromatic rings. The highest BCUT2D eigenvalue weighted by atomic mass is 16.5. The molecule has 15 atom stereocenters. The number of aromatic nitrogens is 3. The monoisotopic (exact) mass is 1120 g/mol. The molecule has 6 unspecified atom stereocenters. The van der Waals surface area contributed by atoms with E-state index in [2.05, 4.69) is 167 Å². The van der Waals surface area contributed by atoms with Crippen LogP contribution in [0.2, 0.25) is 0 Å². The molecule has 0 saturated carbocycles. The highest BCUT2D eigenvalue weighted by Crippen LogP contribution is 2.53. The van der Waals surface area contributed by atoms with E-state index in [9.17, 15) is 0 Å². The van der Waals surface area contributed by atoms with E-state index in [1.807, 2.05) is 36.8 Å². The van der Waals surface area contributed by atoms with Crippen LogP contribution in [0, 0.1) is 35.5 Å². The molecule has 9 saturated heterocycles. The fourth-order valence-electron chi connectivity index (χ4n) is 18.1. The molecule has 6 bridgehead atoms. The van der Waals surface area contributed by atoms with Gasteiger partial charge in [0.05, 0.1) is 75.6 Å². The number of nitrogens with zero attached hydrogens (tertiary/aromatic N) is 6. The summed E-state index contributed by atoms with van der Waals surface area (Å²) in [4.78, 5) is 14.6. The summed E-state index contributed by atoms with van der Waals surface area (Å²) in [6, 6.07) is 41.1. The molecule has 432 valence electrons. The predicted octanol–water partition coefficient (Wildman–Crippen LogP) is 14.9. The molecule has 9 nitrogen and oxygen atoms in total. The van der Waals surface area contributed by atoms with Crippen LogP contribution in [0.3, 0.4) is 0 Å². The number of hydrogen-bond acceptors (Lipinski definition) is 6. The minimum Gasteiger partial charge on any atom is -0.363 e. The summed E-state index contributed by atoms with van der Waals surface area (Å²) >= 11 is 0. The van der Waals surface area contributed by atoms with Crippen molar-refractivity contribution < 1.29 is 27.7 Å². The molecule has 84 heavy (non-hydrogen) atoms. The van der Waals surface area contributed by atoms with Gasteiger partial charge in [-0.3, -0.25) is 15.0 Å². The Labute approximate surface area is 499 Å². The van der Waals surface area contributed by atoms with Crippen LogP contribution in [-0.4, -0.2) is 106 Å². The second-order valence-electron chi connectivity index (χ2n) is 26.1. The predicted molar refractivity (Wildman–Crippen MR) is 340 cm³/mol. The van der Waals surface area contributed by atoms with Crippen LogP contribution in [0.4, 0.5) is 0 Å². The zero-order valence-electron chi connectivity index (χ0n) is 49.4. The van der Waals surface area contributed by atoms with Gasteiger partial charge in [-0.05, 0) is 89.0 Å². The Hall–Kier alpha value is -6.69. The minimum absolute atomic E-state index is 0.144. The van der Waals surface area contributed by atoms with Crippen LogP contribution in [0.1, 0.15) is 90.2 Å². The van der Waals surface area contributed by atoms with Crippen LogP contribution >= 0.6 is 0 Å². The van der Waals surface area contributed by atoms with Gasteiger partial charge in [0, 0.05) is 108 Å². The van der Waals surface area contributed by atoms with E-state index in [1.165, 1.54) is 68.8 Å². The molecule has 0 aliphatic carbocycles. The molecule has 9 aliphatic heterocycles. The second kappa shape index (κ2) is 24.0. The first-order valence-corrected chi connectivity index (χ1v) is 31.5. The van der Waals surface area contributed by atoms with Crippen LogP contribution in [0.25, 0.3) is 32.7 Å². The average molecular weight is 1120 g/mol. The van der Waals surface area contributed by atoms with Crippen molar-refractivity contribution in [1.29, 1.82) is 0 Å². The van der Waals surface area contributed by atoms with Gasteiger partial charge in [0.1, 0.15) is 56.1 Å². The molecule has 9 aliphatic rings. The SMILES string of the molecule is C=CCO[C@H](c1ccnc2ccccc12)[C@@H]1CC2CC[N@@+]1(Cc1cc(C[N@@+]34CCC(C[C@H]3[C@H](OCC=C)c3ccnc5ccccc35)C(C=C)C4)cc(C[N@@+]34CCC(C[C@H]3[C@@H](OCC=C)c3ccnc5ccccc35)C(C=C)C4)c1)CC2C=C. The van der Waals surface area contributed by atoms with Gasteiger partial charge in [-0.2, -0.15) is 0 Å². The van der Waals surface area contributed by atoms with Crippen LogP contribution in [0.5, 0.6) is 0 Å². The standard InChI is InChI=1S/C75H87N6O3/c1-7-37-82-73(64-25-31-76-67-22-16-13-19-61(64)67)70-43-58-28-34-79(70,49-55(58)10-4)46-52-40-53(47-80-35-29-59(56(11-5)50-80)44-71(80)74(83-38-8-2)65-26-32-77-68-23-17-14-20-62(65)68)42-54(41-52)48-81-36-30-60(57(12-6)51-81)45-72(81)75(84-39-9-3)66-27-33-78-69-24-18-15-21-63(66)69/h7-27,31-33,40-42,55-60,70-75H,1-6,28-30,34-39,43-51H2/q+3/t55?,56?,57?,58?,59?,60?,70-,71-,72-,73-,74+,75+,79+,80+,81+/m0/s1. The maximum absolute atomic E-state index is 7.16. The van der Waals surface area contributed by atoms with Crippen molar-refractivity contribution in [2.75, 3.05) is 59.1 Å². The van der Waals surface area contributed by atoms with Crippen molar-refractivity contribution in [2.24, 2.45) is 35.5 Å². The Bertz CT molecular complexity index is 3200. The number of benzene rings is 4. The number of rotatable bonds is 24. The normalized spacial score (nSPS) is 30.6. The van der Waals surface area contributed by atoms with E-state index in [0.717, 1.165) is 108 Å². The zero-order chi connectivity index (χ0) is 57.4. The molecule has 9 fully saturated rings. The van der Waals surface area contributed by atoms with Gasteiger partial charge in [-0.1, -0.05) is 91.1 Å². The maximum Gasteiger partial charge on any atom is 0.135 e. The fraction of sp³-hybridized carbons (Fsp3) is 0.400. The molecular formula is C75H87N6O3+3. The largest absolute Gasteiger partial charge is 0.363 e. The van der Waals surface area contributed by atoms with E-state index >= 15 is 0 Å². The van der Waals surface area contributed by atoms with E-state index in [4.69, 9.17) is 29.2 Å². The number of para-hydroxylation sites is 3. The second-order valence-corrected chi connectivity index (χ2v) is 26.1. The van der Waals surface area contributed by atoms with Gasteiger partial charge in [-0.25, -0.2) is 0 Å². The van der Waals surface area contributed by atoms with E-state index in [0.29, 0.717) is 55.3 Å². The van der Waals surface area contributed by atoms with Crippen molar-refractivity contribution in [3.8, 4) is 0 Å². The van der Waals surface area contributed by atoms with E-state index in [-0.39, 0.29) is 36.4 Å². The summed E-state index contributed by atoms with van der Waals surface area (Å²) in [6.07, 6.45) is 24.9. The number of piperidine rings is 9. The van der Waals surface area contributed by atoms with Crippen molar-refractivity contribution in [3.05, 3.63) is 237 Å². The lowest BCUT2D eigenvalue weighted by Crippen LogP contribution is -2.68. The third-order valence-electron chi connectivity index (χ3n) is 21.8.